The molecule has 0 amide bonds. The van der Waals surface area contributed by atoms with Crippen molar-refractivity contribution >= 4 is 23.2 Å². The second kappa shape index (κ2) is 5.29. The van der Waals surface area contributed by atoms with Crippen molar-refractivity contribution < 1.29 is 5.21 Å². The topological polar surface area (TPSA) is 91.2 Å². The minimum Gasteiger partial charge on any atom is -0.396 e. The molecule has 1 aromatic carbocycles. The van der Waals surface area contributed by atoms with Crippen molar-refractivity contribution in [3.63, 3.8) is 0 Å². The molecule has 0 aliphatic rings. The van der Waals surface area contributed by atoms with Gasteiger partial charge in [0, 0.05) is 5.02 Å². The number of anilines is 1. The van der Waals surface area contributed by atoms with Crippen molar-refractivity contribution in [1.82, 2.24) is 14.8 Å². The third-order valence-electron chi connectivity index (χ3n) is 2.63. The molecule has 19 heavy (non-hydrogen) atoms. The van der Waals surface area contributed by atoms with Crippen LogP contribution >= 0.6 is 11.6 Å². The summed E-state index contributed by atoms with van der Waals surface area (Å²) in [6.45, 7) is 2.04. The third-order valence-corrected chi connectivity index (χ3v) is 3.04. The summed E-state index contributed by atoms with van der Waals surface area (Å²) in [5.74, 6) is -0.187. The van der Waals surface area contributed by atoms with E-state index in [9.17, 15) is 5.21 Å². The average Bonchev–Trinajstić information content (AvgIpc) is 2.79. The van der Waals surface area contributed by atoms with E-state index in [0.717, 1.165) is 16.2 Å². The Morgan fingerprint density at radius 1 is 1.58 bits per heavy atom. The zero-order chi connectivity index (χ0) is 14.0. The molecule has 1 heterocycles. The van der Waals surface area contributed by atoms with E-state index in [1.165, 1.54) is 17.1 Å². The zero-order valence-electron chi connectivity index (χ0n) is 10.3. The van der Waals surface area contributed by atoms with E-state index >= 15 is 0 Å². The summed E-state index contributed by atoms with van der Waals surface area (Å²) >= 11 is 6.01. The molecule has 0 saturated heterocycles. The van der Waals surface area contributed by atoms with Gasteiger partial charge in [-0.2, -0.15) is 5.10 Å². The molecule has 0 aliphatic heterocycles. The van der Waals surface area contributed by atoms with Gasteiger partial charge in [0.1, 0.15) is 0 Å². The first-order valence-electron chi connectivity index (χ1n) is 5.58. The van der Waals surface area contributed by atoms with Crippen LogP contribution in [-0.2, 0) is 6.54 Å². The molecule has 2 aromatic rings. The van der Waals surface area contributed by atoms with Gasteiger partial charge in [0.05, 0.1) is 24.6 Å². The maximum Gasteiger partial charge on any atom is 0.243 e. The summed E-state index contributed by atoms with van der Waals surface area (Å²) in [6.07, 6.45) is 2.86. The highest BCUT2D eigenvalue weighted by Gasteiger charge is 2.11. The first-order chi connectivity index (χ1) is 8.97. The van der Waals surface area contributed by atoms with Crippen molar-refractivity contribution in [2.45, 2.75) is 13.5 Å². The number of halogens is 1. The van der Waals surface area contributed by atoms with E-state index in [1.54, 1.807) is 6.07 Å². The van der Waals surface area contributed by atoms with Crippen LogP contribution in [0.1, 0.15) is 11.1 Å². The number of aromatic nitrogens is 2. The number of nitrogens with two attached hydrogens (primary N) is 1. The molecule has 1 aromatic heterocycles. The van der Waals surface area contributed by atoms with Crippen LogP contribution in [0.3, 0.4) is 0 Å². The van der Waals surface area contributed by atoms with Gasteiger partial charge in [-0.15, -0.1) is 0 Å². The summed E-state index contributed by atoms with van der Waals surface area (Å²) in [7, 11) is 0. The van der Waals surface area contributed by atoms with E-state index in [1.807, 2.05) is 19.1 Å². The number of aryl methyl sites for hydroxylation is 1. The van der Waals surface area contributed by atoms with Crippen LogP contribution < -0.4 is 5.73 Å². The fraction of sp³-hybridized carbons (Fsp3) is 0.167. The second-order valence-electron chi connectivity index (χ2n) is 4.18. The first kappa shape index (κ1) is 13.4. The van der Waals surface area contributed by atoms with Gasteiger partial charge in [-0.05, 0) is 24.1 Å². The number of nitrogen functional groups attached to an aromatic ring is 1. The standard InChI is InChI=1S/C12H14ClN5O/c1-8-2-3-9(4-11(8)13)6-18(19)12(15)17-7-10(14)5-16-17/h2-5,7,15,19H,6,14H2,1H3. The molecule has 4 N–H and O–H groups in total. The number of benzene rings is 1. The molecule has 2 rings (SSSR count). The van der Waals surface area contributed by atoms with Crippen LogP contribution in [0.25, 0.3) is 0 Å². The lowest BCUT2D eigenvalue weighted by molar-refractivity contribution is -0.0283. The van der Waals surface area contributed by atoms with Crippen LogP contribution in [0.5, 0.6) is 0 Å². The SMILES string of the molecule is Cc1ccc(CN(O)C(=N)n2cc(N)cn2)cc1Cl. The van der Waals surface area contributed by atoms with Gasteiger partial charge in [0.15, 0.2) is 0 Å². The molecule has 100 valence electrons. The van der Waals surface area contributed by atoms with Crippen LogP contribution in [0.15, 0.2) is 30.6 Å². The highest BCUT2D eigenvalue weighted by Crippen LogP contribution is 2.17. The van der Waals surface area contributed by atoms with E-state index in [-0.39, 0.29) is 12.5 Å². The predicted molar refractivity (Wildman–Crippen MR) is 73.3 cm³/mol. The predicted octanol–water partition coefficient (Wildman–Crippen LogP) is 2.10. The molecule has 0 radical (unpaired) electrons. The lowest BCUT2D eigenvalue weighted by Crippen LogP contribution is -2.32. The molecule has 0 bridgehead atoms. The van der Waals surface area contributed by atoms with Crippen molar-refractivity contribution in [2.24, 2.45) is 0 Å². The van der Waals surface area contributed by atoms with Gasteiger partial charge < -0.3 is 5.73 Å². The summed E-state index contributed by atoms with van der Waals surface area (Å²) in [4.78, 5) is 0. The van der Waals surface area contributed by atoms with E-state index in [2.05, 4.69) is 5.10 Å². The average molecular weight is 280 g/mol. The van der Waals surface area contributed by atoms with Crippen LogP contribution in [-0.4, -0.2) is 26.0 Å². The van der Waals surface area contributed by atoms with E-state index in [4.69, 9.17) is 22.7 Å². The van der Waals surface area contributed by atoms with Gasteiger partial charge in [-0.25, -0.2) is 9.75 Å². The first-order valence-corrected chi connectivity index (χ1v) is 5.95. The van der Waals surface area contributed by atoms with Gasteiger partial charge in [-0.3, -0.25) is 10.6 Å². The molecule has 7 heteroatoms. The van der Waals surface area contributed by atoms with Crippen molar-refractivity contribution in [3.8, 4) is 0 Å². The number of nitrogens with zero attached hydrogens (tertiary/aromatic N) is 3. The maximum atomic E-state index is 9.86. The molecule has 0 unspecified atom stereocenters. The van der Waals surface area contributed by atoms with Crippen molar-refractivity contribution in [2.75, 3.05) is 5.73 Å². The summed E-state index contributed by atoms with van der Waals surface area (Å²) in [5.41, 5.74) is 7.69. The summed E-state index contributed by atoms with van der Waals surface area (Å²) < 4.78 is 1.19. The lowest BCUT2D eigenvalue weighted by atomic mass is 10.1. The number of rotatable bonds is 2. The Bertz CT molecular complexity index is 610. The van der Waals surface area contributed by atoms with Gasteiger partial charge in [0.25, 0.3) is 0 Å². The van der Waals surface area contributed by atoms with Crippen molar-refractivity contribution in [1.29, 1.82) is 5.41 Å². The Hall–Kier alpha value is -2.05. The molecule has 0 fully saturated rings. The molecule has 6 nitrogen and oxygen atoms in total. The maximum absolute atomic E-state index is 9.86. The Balaban J connectivity index is 2.10. The third kappa shape index (κ3) is 3.04. The van der Waals surface area contributed by atoms with Crippen LogP contribution in [0.4, 0.5) is 5.69 Å². The molecule has 0 saturated carbocycles. The lowest BCUT2D eigenvalue weighted by Gasteiger charge is -2.17. The van der Waals surface area contributed by atoms with E-state index < -0.39 is 0 Å². The van der Waals surface area contributed by atoms with Gasteiger partial charge in [-0.1, -0.05) is 23.7 Å². The van der Waals surface area contributed by atoms with Crippen LogP contribution in [0.2, 0.25) is 5.02 Å². The Morgan fingerprint density at radius 3 is 2.89 bits per heavy atom. The monoisotopic (exact) mass is 279 g/mol. The highest BCUT2D eigenvalue weighted by molar-refractivity contribution is 6.31. The number of nitrogens with one attached hydrogen (secondary N) is 1. The number of hydrogen-bond donors (Lipinski definition) is 3. The minimum absolute atomic E-state index is 0.137. The molecule has 0 aliphatic carbocycles. The highest BCUT2D eigenvalue weighted by atomic mass is 35.5. The Morgan fingerprint density at radius 2 is 2.32 bits per heavy atom. The molecular weight excluding hydrogens is 266 g/mol. The van der Waals surface area contributed by atoms with Gasteiger partial charge in [0.2, 0.25) is 5.96 Å². The smallest absolute Gasteiger partial charge is 0.243 e. The van der Waals surface area contributed by atoms with Gasteiger partial charge >= 0.3 is 0 Å². The van der Waals surface area contributed by atoms with Crippen LogP contribution in [0, 0.1) is 12.3 Å². The number of hydrogen-bond acceptors (Lipinski definition) is 4. The molecule has 0 atom stereocenters. The normalized spacial score (nSPS) is 10.5. The largest absolute Gasteiger partial charge is 0.396 e. The fourth-order valence-corrected chi connectivity index (χ4v) is 1.76. The molecule has 0 spiro atoms. The minimum atomic E-state index is -0.187. The van der Waals surface area contributed by atoms with E-state index in [0.29, 0.717) is 10.7 Å². The zero-order valence-corrected chi connectivity index (χ0v) is 11.1. The second-order valence-corrected chi connectivity index (χ2v) is 4.59. The fourth-order valence-electron chi connectivity index (χ4n) is 1.55. The summed E-state index contributed by atoms with van der Waals surface area (Å²) in [5, 5.41) is 22.9. The number of hydroxylamine groups is 2. The Labute approximate surface area is 115 Å². The quantitative estimate of drug-likeness (QED) is 0.446. The molecular formula is C12H14ClN5O. The summed E-state index contributed by atoms with van der Waals surface area (Å²) in [6, 6.07) is 5.46. The Kier molecular flexibility index (Phi) is 3.73. The van der Waals surface area contributed by atoms with Crippen molar-refractivity contribution in [3.05, 3.63) is 46.7 Å².